The largest absolute Gasteiger partial charge is 0.322 e. The third-order valence-corrected chi connectivity index (χ3v) is 7.24. The number of hydrogen-bond donors (Lipinski definition) is 2. The van der Waals surface area contributed by atoms with E-state index >= 15 is 0 Å². The van der Waals surface area contributed by atoms with Crippen LogP contribution in [0, 0.1) is 0 Å². The molecular formula is C23H30N4O3. The molecule has 7 nitrogen and oxygen atoms in total. The third-order valence-electron chi connectivity index (χ3n) is 7.24. The monoisotopic (exact) mass is 410 g/mol. The van der Waals surface area contributed by atoms with E-state index in [-0.39, 0.29) is 24.1 Å². The van der Waals surface area contributed by atoms with E-state index in [1.807, 2.05) is 6.07 Å². The Bertz CT molecular complexity index is 860. The van der Waals surface area contributed by atoms with Crippen molar-refractivity contribution in [2.24, 2.45) is 0 Å². The highest BCUT2D eigenvalue weighted by molar-refractivity contribution is 6.05. The molecule has 0 spiro atoms. The molecule has 0 bridgehead atoms. The summed E-state index contributed by atoms with van der Waals surface area (Å²) in [6.07, 6.45) is 7.05. The quantitative estimate of drug-likeness (QED) is 0.720. The number of benzene rings is 1. The van der Waals surface area contributed by atoms with Gasteiger partial charge in [0, 0.05) is 43.7 Å². The molecule has 0 radical (unpaired) electrons. The molecule has 2 saturated heterocycles. The van der Waals surface area contributed by atoms with E-state index in [0.29, 0.717) is 30.6 Å². The van der Waals surface area contributed by atoms with Crippen LogP contribution in [0.3, 0.4) is 0 Å². The molecule has 3 heterocycles. The lowest BCUT2D eigenvalue weighted by Crippen LogP contribution is -2.52. The van der Waals surface area contributed by atoms with Crippen LogP contribution < -0.4 is 10.6 Å². The molecule has 2 unspecified atom stereocenters. The summed E-state index contributed by atoms with van der Waals surface area (Å²) < 4.78 is 0. The Morgan fingerprint density at radius 2 is 1.87 bits per heavy atom. The number of carbonyl (C=O) groups excluding carboxylic acids is 3. The average molecular weight is 411 g/mol. The minimum Gasteiger partial charge on any atom is -0.322 e. The van der Waals surface area contributed by atoms with Crippen molar-refractivity contribution in [2.75, 3.05) is 13.1 Å². The van der Waals surface area contributed by atoms with Crippen molar-refractivity contribution in [2.45, 2.75) is 76.2 Å². The van der Waals surface area contributed by atoms with Gasteiger partial charge in [0.1, 0.15) is 6.04 Å². The predicted octanol–water partition coefficient (Wildman–Crippen LogP) is 1.55. The van der Waals surface area contributed by atoms with Crippen molar-refractivity contribution >= 4 is 17.7 Å². The van der Waals surface area contributed by atoms with Gasteiger partial charge in [-0.15, -0.1) is 0 Å². The summed E-state index contributed by atoms with van der Waals surface area (Å²) >= 11 is 0. The smallest absolute Gasteiger partial charge is 0.255 e. The number of nitrogens with zero attached hydrogens (tertiary/aromatic N) is 2. The molecule has 2 N–H and O–H groups in total. The van der Waals surface area contributed by atoms with Crippen LogP contribution in [0.15, 0.2) is 18.2 Å². The van der Waals surface area contributed by atoms with Crippen LogP contribution in [0.25, 0.3) is 0 Å². The summed E-state index contributed by atoms with van der Waals surface area (Å²) in [4.78, 5) is 40.9. The number of rotatable bonds is 5. The van der Waals surface area contributed by atoms with Gasteiger partial charge in [-0.05, 0) is 55.8 Å². The van der Waals surface area contributed by atoms with Crippen molar-refractivity contribution in [3.8, 4) is 0 Å². The third kappa shape index (κ3) is 3.65. The maximum Gasteiger partial charge on any atom is 0.255 e. The molecule has 4 aliphatic rings. The number of nitrogens with one attached hydrogen (secondary N) is 2. The number of imide groups is 1. The molecule has 1 aromatic carbocycles. The predicted molar refractivity (Wildman–Crippen MR) is 112 cm³/mol. The number of carbonyl (C=O) groups is 3. The lowest BCUT2D eigenvalue weighted by Gasteiger charge is -2.44. The minimum absolute atomic E-state index is 0.0987. The Kier molecular flexibility index (Phi) is 5.33. The summed E-state index contributed by atoms with van der Waals surface area (Å²) in [6.45, 7) is 3.54. The molecule has 0 aromatic heterocycles. The Hall–Kier alpha value is -2.25. The molecule has 1 saturated carbocycles. The van der Waals surface area contributed by atoms with Gasteiger partial charge < -0.3 is 10.2 Å². The van der Waals surface area contributed by atoms with E-state index in [9.17, 15) is 14.4 Å². The Morgan fingerprint density at radius 3 is 2.57 bits per heavy atom. The van der Waals surface area contributed by atoms with E-state index in [0.717, 1.165) is 25.2 Å². The average Bonchev–Trinajstić information content (AvgIpc) is 3.02. The number of amides is 3. The summed E-state index contributed by atoms with van der Waals surface area (Å²) in [6, 6.07) is 6.86. The SMILES string of the molecule is O=C1CCC(N2Cc3cc(CN(C4CCC4)C4CCCNC4)ccc3C2=O)C(=O)N1. The lowest BCUT2D eigenvalue weighted by molar-refractivity contribution is -0.136. The van der Waals surface area contributed by atoms with E-state index in [1.165, 1.54) is 37.7 Å². The zero-order valence-electron chi connectivity index (χ0n) is 17.4. The Balaban J connectivity index is 1.32. The lowest BCUT2D eigenvalue weighted by atomic mass is 9.88. The van der Waals surface area contributed by atoms with Gasteiger partial charge >= 0.3 is 0 Å². The van der Waals surface area contributed by atoms with E-state index in [2.05, 4.69) is 27.7 Å². The Morgan fingerprint density at radius 1 is 1.03 bits per heavy atom. The van der Waals surface area contributed by atoms with Gasteiger partial charge in [-0.25, -0.2) is 0 Å². The van der Waals surface area contributed by atoms with E-state index in [4.69, 9.17) is 0 Å². The molecule has 5 rings (SSSR count). The van der Waals surface area contributed by atoms with E-state index in [1.54, 1.807) is 4.90 Å². The summed E-state index contributed by atoms with van der Waals surface area (Å²) in [7, 11) is 0. The molecule has 7 heteroatoms. The summed E-state index contributed by atoms with van der Waals surface area (Å²) in [5, 5.41) is 5.91. The highest BCUT2D eigenvalue weighted by Crippen LogP contribution is 2.32. The number of fused-ring (bicyclic) bond motifs is 1. The van der Waals surface area contributed by atoms with Gasteiger partial charge in [-0.1, -0.05) is 18.6 Å². The van der Waals surface area contributed by atoms with Crippen LogP contribution in [-0.2, 0) is 22.7 Å². The van der Waals surface area contributed by atoms with Gasteiger partial charge in [0.15, 0.2) is 0 Å². The molecule has 3 fully saturated rings. The van der Waals surface area contributed by atoms with Gasteiger partial charge in [-0.3, -0.25) is 24.6 Å². The minimum atomic E-state index is -0.550. The topological polar surface area (TPSA) is 81.8 Å². The first-order chi connectivity index (χ1) is 14.6. The maximum atomic E-state index is 12.9. The van der Waals surface area contributed by atoms with Crippen LogP contribution >= 0.6 is 0 Å². The van der Waals surface area contributed by atoms with Crippen LogP contribution in [0.1, 0.15) is 66.4 Å². The first-order valence-corrected chi connectivity index (χ1v) is 11.3. The van der Waals surface area contributed by atoms with Crippen LogP contribution in [0.4, 0.5) is 0 Å². The van der Waals surface area contributed by atoms with Crippen LogP contribution in [-0.4, -0.2) is 58.7 Å². The number of hydrogen-bond acceptors (Lipinski definition) is 5. The van der Waals surface area contributed by atoms with Crippen molar-refractivity contribution in [1.29, 1.82) is 0 Å². The molecule has 2 atom stereocenters. The molecule has 1 aromatic rings. The van der Waals surface area contributed by atoms with Crippen molar-refractivity contribution in [3.63, 3.8) is 0 Å². The molecule has 3 aliphatic heterocycles. The fourth-order valence-electron chi connectivity index (χ4n) is 5.33. The van der Waals surface area contributed by atoms with Gasteiger partial charge in [-0.2, -0.15) is 0 Å². The first kappa shape index (κ1) is 19.7. The zero-order valence-corrected chi connectivity index (χ0v) is 17.4. The second-order valence-electron chi connectivity index (χ2n) is 9.15. The summed E-state index contributed by atoms with van der Waals surface area (Å²) in [5.41, 5.74) is 2.93. The zero-order chi connectivity index (χ0) is 20.7. The molecule has 160 valence electrons. The second kappa shape index (κ2) is 8.12. The standard InChI is InChI=1S/C23H30N4O3/c28-21-9-8-20(22(29)25-21)27-14-16-11-15(6-7-19(16)23(27)30)13-26(17-3-1-4-17)18-5-2-10-24-12-18/h6-7,11,17-18,20,24H,1-5,8-10,12-14H2,(H,25,28,29). The van der Waals surface area contributed by atoms with E-state index < -0.39 is 6.04 Å². The Labute approximate surface area is 177 Å². The second-order valence-corrected chi connectivity index (χ2v) is 9.15. The van der Waals surface area contributed by atoms with Crippen LogP contribution in [0.2, 0.25) is 0 Å². The molecule has 30 heavy (non-hydrogen) atoms. The van der Waals surface area contributed by atoms with Crippen molar-refractivity contribution in [3.05, 3.63) is 34.9 Å². The molecular weight excluding hydrogens is 380 g/mol. The first-order valence-electron chi connectivity index (χ1n) is 11.3. The van der Waals surface area contributed by atoms with Gasteiger partial charge in [0.25, 0.3) is 5.91 Å². The highest BCUT2D eigenvalue weighted by atomic mass is 16.2. The van der Waals surface area contributed by atoms with Crippen molar-refractivity contribution in [1.82, 2.24) is 20.4 Å². The van der Waals surface area contributed by atoms with Gasteiger partial charge in [0.05, 0.1) is 0 Å². The fraction of sp³-hybridized carbons (Fsp3) is 0.609. The summed E-state index contributed by atoms with van der Waals surface area (Å²) in [5.74, 6) is -0.706. The maximum absolute atomic E-state index is 12.9. The fourth-order valence-corrected chi connectivity index (χ4v) is 5.33. The van der Waals surface area contributed by atoms with Gasteiger partial charge in [0.2, 0.25) is 11.8 Å². The highest BCUT2D eigenvalue weighted by Gasteiger charge is 2.39. The van der Waals surface area contributed by atoms with Crippen LogP contribution in [0.5, 0.6) is 0 Å². The molecule has 1 aliphatic carbocycles. The number of piperidine rings is 2. The molecule has 3 amide bonds. The normalized spacial score (nSPS) is 27.2. The van der Waals surface area contributed by atoms with Crippen molar-refractivity contribution < 1.29 is 14.4 Å².